The molecular formula is C17H13ClN2O. The second kappa shape index (κ2) is 5.94. The summed E-state index contributed by atoms with van der Waals surface area (Å²) in [6.45, 7) is 0. The van der Waals surface area contributed by atoms with Crippen LogP contribution in [0.5, 0.6) is 5.75 Å². The SMILES string of the molecule is COc1ccc2nc(/C=C/c3ccnc(Cl)c3)ccc2c1. The molecule has 0 amide bonds. The molecule has 1 aromatic carbocycles. The highest BCUT2D eigenvalue weighted by Crippen LogP contribution is 2.20. The summed E-state index contributed by atoms with van der Waals surface area (Å²) < 4.78 is 5.21. The van der Waals surface area contributed by atoms with Gasteiger partial charge in [0.1, 0.15) is 10.9 Å². The molecule has 104 valence electrons. The third-order valence-electron chi connectivity index (χ3n) is 3.12. The molecule has 2 heterocycles. The van der Waals surface area contributed by atoms with Gasteiger partial charge in [-0.3, -0.25) is 0 Å². The lowest BCUT2D eigenvalue weighted by Gasteiger charge is -2.02. The van der Waals surface area contributed by atoms with Gasteiger partial charge in [-0.15, -0.1) is 0 Å². The van der Waals surface area contributed by atoms with Crippen molar-refractivity contribution in [3.8, 4) is 5.75 Å². The monoisotopic (exact) mass is 296 g/mol. The molecule has 0 saturated heterocycles. The number of ether oxygens (including phenoxy) is 1. The third kappa shape index (κ3) is 3.20. The number of rotatable bonds is 3. The minimum Gasteiger partial charge on any atom is -0.497 e. The number of fused-ring (bicyclic) bond motifs is 1. The Balaban J connectivity index is 1.91. The summed E-state index contributed by atoms with van der Waals surface area (Å²) in [7, 11) is 1.66. The Morgan fingerprint density at radius 1 is 1.05 bits per heavy atom. The Morgan fingerprint density at radius 3 is 2.76 bits per heavy atom. The van der Waals surface area contributed by atoms with Crippen molar-refractivity contribution in [2.75, 3.05) is 7.11 Å². The van der Waals surface area contributed by atoms with Gasteiger partial charge in [0.15, 0.2) is 0 Å². The molecule has 0 unspecified atom stereocenters. The quantitative estimate of drug-likeness (QED) is 0.669. The molecule has 21 heavy (non-hydrogen) atoms. The van der Waals surface area contributed by atoms with Crippen molar-refractivity contribution < 1.29 is 4.74 Å². The van der Waals surface area contributed by atoms with Crippen LogP contribution in [0.3, 0.4) is 0 Å². The van der Waals surface area contributed by atoms with E-state index < -0.39 is 0 Å². The first kappa shape index (κ1) is 13.6. The van der Waals surface area contributed by atoms with Gasteiger partial charge in [0.2, 0.25) is 0 Å². The number of methoxy groups -OCH3 is 1. The van der Waals surface area contributed by atoms with E-state index in [1.165, 1.54) is 0 Å². The van der Waals surface area contributed by atoms with Gasteiger partial charge in [-0.05, 0) is 48.0 Å². The van der Waals surface area contributed by atoms with E-state index in [4.69, 9.17) is 16.3 Å². The first-order chi connectivity index (χ1) is 10.2. The average molecular weight is 297 g/mol. The van der Waals surface area contributed by atoms with Gasteiger partial charge in [-0.25, -0.2) is 9.97 Å². The zero-order valence-electron chi connectivity index (χ0n) is 11.5. The second-order valence-electron chi connectivity index (χ2n) is 4.54. The molecule has 0 saturated carbocycles. The third-order valence-corrected chi connectivity index (χ3v) is 3.32. The molecule has 0 aliphatic heterocycles. The first-order valence-electron chi connectivity index (χ1n) is 6.49. The molecule has 0 radical (unpaired) electrons. The molecule has 0 bridgehead atoms. The van der Waals surface area contributed by atoms with E-state index in [0.717, 1.165) is 27.9 Å². The lowest BCUT2D eigenvalue weighted by atomic mass is 10.1. The molecule has 2 aromatic heterocycles. The number of pyridine rings is 2. The van der Waals surface area contributed by atoms with Gasteiger partial charge in [0.05, 0.1) is 18.3 Å². The fourth-order valence-electron chi connectivity index (χ4n) is 2.04. The van der Waals surface area contributed by atoms with Crippen LogP contribution < -0.4 is 4.74 Å². The molecule has 0 N–H and O–H groups in total. The number of halogens is 1. The zero-order valence-corrected chi connectivity index (χ0v) is 12.2. The highest BCUT2D eigenvalue weighted by molar-refractivity contribution is 6.29. The summed E-state index contributed by atoms with van der Waals surface area (Å²) in [6, 6.07) is 13.5. The van der Waals surface area contributed by atoms with Crippen molar-refractivity contribution in [3.05, 3.63) is 65.1 Å². The molecule has 3 rings (SSSR count). The van der Waals surface area contributed by atoms with E-state index in [-0.39, 0.29) is 0 Å². The maximum absolute atomic E-state index is 5.86. The lowest BCUT2D eigenvalue weighted by molar-refractivity contribution is 0.415. The summed E-state index contributed by atoms with van der Waals surface area (Å²) in [6.07, 6.45) is 5.60. The van der Waals surface area contributed by atoms with Gasteiger partial charge in [0, 0.05) is 11.6 Å². The number of nitrogens with zero attached hydrogens (tertiary/aromatic N) is 2. The van der Waals surface area contributed by atoms with E-state index in [1.54, 1.807) is 13.3 Å². The predicted molar refractivity (Wildman–Crippen MR) is 86.5 cm³/mol. The topological polar surface area (TPSA) is 35.0 Å². The van der Waals surface area contributed by atoms with Crippen molar-refractivity contribution in [2.45, 2.75) is 0 Å². The fraction of sp³-hybridized carbons (Fsp3) is 0.0588. The second-order valence-corrected chi connectivity index (χ2v) is 4.93. The van der Waals surface area contributed by atoms with Crippen LogP contribution >= 0.6 is 11.6 Å². The Morgan fingerprint density at radius 2 is 1.95 bits per heavy atom. The Kier molecular flexibility index (Phi) is 3.84. The Hall–Kier alpha value is -2.39. The highest BCUT2D eigenvalue weighted by Gasteiger charge is 1.99. The predicted octanol–water partition coefficient (Wildman–Crippen LogP) is 4.46. The summed E-state index contributed by atoms with van der Waals surface area (Å²) in [4.78, 5) is 8.55. The van der Waals surface area contributed by atoms with Gasteiger partial charge in [-0.1, -0.05) is 23.7 Å². The average Bonchev–Trinajstić information content (AvgIpc) is 2.52. The van der Waals surface area contributed by atoms with Gasteiger partial charge in [-0.2, -0.15) is 0 Å². The summed E-state index contributed by atoms with van der Waals surface area (Å²) in [5.74, 6) is 0.832. The molecule has 0 fully saturated rings. The molecule has 3 nitrogen and oxygen atoms in total. The molecule has 3 aromatic rings. The van der Waals surface area contributed by atoms with Gasteiger partial charge in [0.25, 0.3) is 0 Å². The lowest BCUT2D eigenvalue weighted by Crippen LogP contribution is -1.86. The summed E-state index contributed by atoms with van der Waals surface area (Å²) in [5.41, 5.74) is 2.82. The molecule has 0 spiro atoms. The van der Waals surface area contributed by atoms with Crippen molar-refractivity contribution >= 4 is 34.7 Å². The van der Waals surface area contributed by atoms with Crippen molar-refractivity contribution in [1.29, 1.82) is 0 Å². The molecule has 4 heteroatoms. The molecular weight excluding hydrogens is 284 g/mol. The van der Waals surface area contributed by atoms with Crippen molar-refractivity contribution in [2.24, 2.45) is 0 Å². The van der Waals surface area contributed by atoms with Crippen LogP contribution in [0.4, 0.5) is 0 Å². The van der Waals surface area contributed by atoms with Crippen LogP contribution in [-0.4, -0.2) is 17.1 Å². The normalized spacial score (nSPS) is 11.1. The van der Waals surface area contributed by atoms with Crippen LogP contribution in [0.2, 0.25) is 5.15 Å². The first-order valence-corrected chi connectivity index (χ1v) is 6.87. The van der Waals surface area contributed by atoms with Crippen LogP contribution in [0.1, 0.15) is 11.3 Å². The van der Waals surface area contributed by atoms with E-state index >= 15 is 0 Å². The standard InChI is InChI=1S/C17H13ClN2O/c1-21-15-6-7-16-13(11-15)3-5-14(20-16)4-2-12-8-9-19-17(18)10-12/h2-11H,1H3/b4-2+. The van der Waals surface area contributed by atoms with Crippen LogP contribution in [-0.2, 0) is 0 Å². The van der Waals surface area contributed by atoms with Crippen molar-refractivity contribution in [1.82, 2.24) is 9.97 Å². The smallest absolute Gasteiger partial charge is 0.129 e. The van der Waals surface area contributed by atoms with E-state index in [9.17, 15) is 0 Å². The summed E-state index contributed by atoms with van der Waals surface area (Å²) >= 11 is 5.86. The van der Waals surface area contributed by atoms with E-state index in [1.807, 2.05) is 54.6 Å². The number of benzene rings is 1. The van der Waals surface area contributed by atoms with E-state index in [0.29, 0.717) is 5.15 Å². The Labute approximate surface area is 127 Å². The fourth-order valence-corrected chi connectivity index (χ4v) is 2.22. The molecule has 0 atom stereocenters. The maximum atomic E-state index is 5.86. The minimum absolute atomic E-state index is 0.482. The van der Waals surface area contributed by atoms with Gasteiger partial charge >= 0.3 is 0 Å². The zero-order chi connectivity index (χ0) is 14.7. The highest BCUT2D eigenvalue weighted by atomic mass is 35.5. The molecule has 0 aliphatic carbocycles. The minimum atomic E-state index is 0.482. The summed E-state index contributed by atoms with van der Waals surface area (Å²) in [5, 5.41) is 1.54. The number of hydrogen-bond donors (Lipinski definition) is 0. The largest absolute Gasteiger partial charge is 0.497 e. The van der Waals surface area contributed by atoms with Crippen molar-refractivity contribution in [3.63, 3.8) is 0 Å². The number of aromatic nitrogens is 2. The van der Waals surface area contributed by atoms with Gasteiger partial charge < -0.3 is 4.74 Å². The number of hydrogen-bond acceptors (Lipinski definition) is 3. The van der Waals surface area contributed by atoms with Crippen LogP contribution in [0.15, 0.2) is 48.7 Å². The Bertz CT molecular complexity index is 815. The molecule has 0 aliphatic rings. The van der Waals surface area contributed by atoms with E-state index in [2.05, 4.69) is 9.97 Å². The maximum Gasteiger partial charge on any atom is 0.129 e. The van der Waals surface area contributed by atoms with Crippen LogP contribution in [0.25, 0.3) is 23.1 Å². The van der Waals surface area contributed by atoms with Crippen LogP contribution in [0, 0.1) is 0 Å².